The number of aryl methyl sites for hydroxylation is 2. The van der Waals surface area contributed by atoms with Gasteiger partial charge < -0.3 is 5.32 Å². The zero-order valence-electron chi connectivity index (χ0n) is 14.3. The van der Waals surface area contributed by atoms with Crippen molar-refractivity contribution < 1.29 is 26.4 Å². The average molecular weight is 386 g/mol. The van der Waals surface area contributed by atoms with Crippen molar-refractivity contribution in [2.45, 2.75) is 18.7 Å². The van der Waals surface area contributed by atoms with Crippen LogP contribution in [0.15, 0.2) is 35.2 Å². The molecule has 0 aliphatic heterocycles. The van der Waals surface area contributed by atoms with Gasteiger partial charge in [-0.2, -0.15) is 4.31 Å². The predicted octanol–water partition coefficient (Wildman–Crippen LogP) is 2.98. The molecule has 0 aliphatic carbocycles. The highest BCUT2D eigenvalue weighted by atomic mass is 32.2. The molecule has 0 fully saturated rings. The third-order valence-corrected chi connectivity index (χ3v) is 5.66. The second-order valence-corrected chi connectivity index (χ2v) is 7.81. The number of hydrogen-bond acceptors (Lipinski definition) is 3. The maximum Gasteiger partial charge on any atom is 0.243 e. The Hall–Kier alpha value is -2.39. The summed E-state index contributed by atoms with van der Waals surface area (Å²) in [7, 11) is -2.76. The first-order chi connectivity index (χ1) is 12.0. The van der Waals surface area contributed by atoms with Gasteiger partial charge >= 0.3 is 0 Å². The van der Waals surface area contributed by atoms with Crippen molar-refractivity contribution in [2.75, 3.05) is 18.9 Å². The van der Waals surface area contributed by atoms with Crippen molar-refractivity contribution in [3.63, 3.8) is 0 Å². The summed E-state index contributed by atoms with van der Waals surface area (Å²) in [5, 5.41) is 2.03. The number of anilines is 1. The summed E-state index contributed by atoms with van der Waals surface area (Å²) in [5.74, 6) is -5.57. The van der Waals surface area contributed by atoms with Gasteiger partial charge in [-0.05, 0) is 37.6 Å². The second kappa shape index (κ2) is 7.46. The van der Waals surface area contributed by atoms with E-state index in [1.54, 1.807) is 19.1 Å². The highest BCUT2D eigenvalue weighted by Gasteiger charge is 2.25. The average Bonchev–Trinajstić information content (AvgIpc) is 2.55. The molecule has 0 atom stereocenters. The molecule has 2 rings (SSSR count). The van der Waals surface area contributed by atoms with Gasteiger partial charge in [0.05, 0.1) is 17.1 Å². The van der Waals surface area contributed by atoms with E-state index in [0.717, 1.165) is 15.9 Å². The van der Waals surface area contributed by atoms with Crippen molar-refractivity contribution >= 4 is 21.6 Å². The molecule has 0 heterocycles. The minimum absolute atomic E-state index is 0.0393. The molecule has 0 aromatic heterocycles. The first-order valence-corrected chi connectivity index (χ1v) is 8.95. The van der Waals surface area contributed by atoms with Crippen molar-refractivity contribution in [3.05, 3.63) is 58.9 Å². The largest absolute Gasteiger partial charge is 0.322 e. The maximum atomic E-state index is 13.6. The molecular formula is C17H17F3N2O3S. The van der Waals surface area contributed by atoms with Crippen molar-refractivity contribution in [1.82, 2.24) is 4.31 Å². The molecule has 26 heavy (non-hydrogen) atoms. The SMILES string of the molecule is Cc1ccc(S(=O)(=O)N(C)CC(=O)Nc2ccc(F)c(F)c2F)c(C)c1. The third kappa shape index (κ3) is 4.05. The number of amides is 1. The lowest BCUT2D eigenvalue weighted by Gasteiger charge is -2.18. The van der Waals surface area contributed by atoms with Gasteiger partial charge in [-0.1, -0.05) is 17.7 Å². The zero-order chi connectivity index (χ0) is 19.6. The minimum Gasteiger partial charge on any atom is -0.322 e. The number of hydrogen-bond donors (Lipinski definition) is 1. The number of carbonyl (C=O) groups excluding carboxylic acids is 1. The van der Waals surface area contributed by atoms with Crippen molar-refractivity contribution in [1.29, 1.82) is 0 Å². The Morgan fingerprint density at radius 2 is 1.73 bits per heavy atom. The molecule has 0 saturated carbocycles. The lowest BCUT2D eigenvalue weighted by atomic mass is 10.2. The number of halogens is 3. The van der Waals surface area contributed by atoms with E-state index in [-0.39, 0.29) is 4.90 Å². The number of rotatable bonds is 5. The van der Waals surface area contributed by atoms with Crippen LogP contribution in [0.1, 0.15) is 11.1 Å². The van der Waals surface area contributed by atoms with Gasteiger partial charge in [0.1, 0.15) is 0 Å². The number of sulfonamides is 1. The van der Waals surface area contributed by atoms with Gasteiger partial charge in [-0.25, -0.2) is 21.6 Å². The number of benzene rings is 2. The molecule has 0 spiro atoms. The summed E-state index contributed by atoms with van der Waals surface area (Å²) in [4.78, 5) is 12.0. The number of nitrogens with one attached hydrogen (secondary N) is 1. The molecule has 9 heteroatoms. The fraction of sp³-hybridized carbons (Fsp3) is 0.235. The Morgan fingerprint density at radius 3 is 2.35 bits per heavy atom. The zero-order valence-corrected chi connectivity index (χ0v) is 15.1. The Labute approximate surface area is 149 Å². The molecule has 2 aromatic rings. The van der Waals surface area contributed by atoms with Crippen LogP contribution in [0.4, 0.5) is 18.9 Å². The van der Waals surface area contributed by atoms with Crippen LogP contribution in [0.2, 0.25) is 0 Å². The fourth-order valence-electron chi connectivity index (χ4n) is 2.36. The number of carbonyl (C=O) groups is 1. The van der Waals surface area contributed by atoms with Gasteiger partial charge in [0.2, 0.25) is 15.9 Å². The minimum atomic E-state index is -3.95. The molecular weight excluding hydrogens is 369 g/mol. The lowest BCUT2D eigenvalue weighted by molar-refractivity contribution is -0.116. The Bertz CT molecular complexity index is 962. The van der Waals surface area contributed by atoms with Crippen LogP contribution in [-0.2, 0) is 14.8 Å². The summed E-state index contributed by atoms with van der Waals surface area (Å²) >= 11 is 0. The fourth-order valence-corrected chi connectivity index (χ4v) is 3.68. The number of likely N-dealkylation sites (N-methyl/N-ethyl adjacent to an activating group) is 1. The van der Waals surface area contributed by atoms with E-state index in [9.17, 15) is 26.4 Å². The topological polar surface area (TPSA) is 66.5 Å². The first kappa shape index (κ1) is 19.9. The molecule has 1 amide bonds. The maximum absolute atomic E-state index is 13.6. The monoisotopic (exact) mass is 386 g/mol. The normalized spacial score (nSPS) is 11.7. The molecule has 0 bridgehead atoms. The quantitative estimate of drug-likeness (QED) is 0.804. The van der Waals surface area contributed by atoms with Gasteiger partial charge in [-0.15, -0.1) is 0 Å². The van der Waals surface area contributed by atoms with E-state index in [0.29, 0.717) is 11.6 Å². The Morgan fingerprint density at radius 1 is 1.08 bits per heavy atom. The van der Waals surface area contributed by atoms with Crippen molar-refractivity contribution in [3.8, 4) is 0 Å². The van der Waals surface area contributed by atoms with Crippen LogP contribution in [-0.4, -0.2) is 32.2 Å². The molecule has 0 saturated heterocycles. The third-order valence-electron chi connectivity index (χ3n) is 3.69. The van der Waals surface area contributed by atoms with E-state index in [4.69, 9.17) is 0 Å². The first-order valence-electron chi connectivity index (χ1n) is 7.51. The molecule has 2 aromatic carbocycles. The van der Waals surface area contributed by atoms with Crippen LogP contribution >= 0.6 is 0 Å². The van der Waals surface area contributed by atoms with E-state index < -0.39 is 45.6 Å². The molecule has 0 aliphatic rings. The second-order valence-electron chi connectivity index (χ2n) is 5.80. The summed E-state index contributed by atoms with van der Waals surface area (Å²) in [6.45, 7) is 2.81. The van der Waals surface area contributed by atoms with Crippen molar-refractivity contribution in [2.24, 2.45) is 0 Å². The van der Waals surface area contributed by atoms with Gasteiger partial charge in [0.25, 0.3) is 0 Å². The summed E-state index contributed by atoms with van der Waals surface area (Å²) in [6.07, 6.45) is 0. The standard InChI is InChI=1S/C17H17F3N2O3S/c1-10-4-7-14(11(2)8-10)26(24,25)22(3)9-15(23)21-13-6-5-12(18)16(19)17(13)20/h4-8H,9H2,1-3H3,(H,21,23). The van der Waals surface area contributed by atoms with Crippen LogP contribution < -0.4 is 5.32 Å². The Kier molecular flexibility index (Phi) is 5.72. The van der Waals surface area contributed by atoms with E-state index in [2.05, 4.69) is 0 Å². The van der Waals surface area contributed by atoms with Gasteiger partial charge in [0, 0.05) is 7.05 Å². The summed E-state index contributed by atoms with van der Waals surface area (Å²) < 4.78 is 65.6. The summed E-state index contributed by atoms with van der Waals surface area (Å²) in [5.41, 5.74) is 0.825. The van der Waals surface area contributed by atoms with Gasteiger partial charge in [-0.3, -0.25) is 4.79 Å². The van der Waals surface area contributed by atoms with E-state index in [1.807, 2.05) is 12.2 Å². The van der Waals surface area contributed by atoms with Crippen LogP contribution in [0.3, 0.4) is 0 Å². The molecule has 5 nitrogen and oxygen atoms in total. The van der Waals surface area contributed by atoms with Crippen LogP contribution in [0.5, 0.6) is 0 Å². The van der Waals surface area contributed by atoms with E-state index in [1.165, 1.54) is 13.1 Å². The van der Waals surface area contributed by atoms with E-state index >= 15 is 0 Å². The smallest absolute Gasteiger partial charge is 0.243 e. The highest BCUT2D eigenvalue weighted by molar-refractivity contribution is 7.89. The molecule has 0 unspecified atom stereocenters. The van der Waals surface area contributed by atoms with Gasteiger partial charge in [0.15, 0.2) is 17.5 Å². The molecule has 1 N–H and O–H groups in total. The Balaban J connectivity index is 2.17. The summed E-state index contributed by atoms with van der Waals surface area (Å²) in [6, 6.07) is 6.26. The number of nitrogens with zero attached hydrogens (tertiary/aromatic N) is 1. The van der Waals surface area contributed by atoms with Crippen LogP contribution in [0.25, 0.3) is 0 Å². The highest BCUT2D eigenvalue weighted by Crippen LogP contribution is 2.21. The molecule has 0 radical (unpaired) electrons. The predicted molar refractivity (Wildman–Crippen MR) is 90.7 cm³/mol. The lowest BCUT2D eigenvalue weighted by Crippen LogP contribution is -2.35. The molecule has 140 valence electrons. The van der Waals surface area contributed by atoms with Crippen LogP contribution in [0, 0.1) is 31.3 Å².